The summed E-state index contributed by atoms with van der Waals surface area (Å²) in [7, 11) is 0. The van der Waals surface area contributed by atoms with Gasteiger partial charge in [-0.05, 0) is 24.5 Å². The van der Waals surface area contributed by atoms with Crippen molar-refractivity contribution in [3.05, 3.63) is 53.3 Å². The van der Waals surface area contributed by atoms with Gasteiger partial charge in [-0.3, -0.25) is 9.58 Å². The molecule has 0 bridgehead atoms. The molecule has 0 saturated heterocycles. The zero-order valence-corrected chi connectivity index (χ0v) is 14.5. The molecule has 2 aliphatic rings. The maximum atomic E-state index is 4.84. The van der Waals surface area contributed by atoms with E-state index in [2.05, 4.69) is 51.3 Å². The molecule has 2 aromatic rings. The van der Waals surface area contributed by atoms with Crippen LogP contribution in [0.5, 0.6) is 0 Å². The summed E-state index contributed by atoms with van der Waals surface area (Å²) in [6, 6.07) is 13.7. The van der Waals surface area contributed by atoms with Crippen LogP contribution in [-0.4, -0.2) is 27.3 Å². The molecule has 0 spiro atoms. The fraction of sp³-hybridized carbons (Fsp3) is 0.550. The number of hydrogen-bond donors (Lipinski definition) is 1. The van der Waals surface area contributed by atoms with Crippen LogP contribution in [0.25, 0.3) is 0 Å². The molecule has 1 aliphatic heterocycles. The number of fused-ring (bicyclic) bond motifs is 1. The van der Waals surface area contributed by atoms with E-state index in [1.54, 1.807) is 0 Å². The largest absolute Gasteiger partial charge is 0.308 e. The van der Waals surface area contributed by atoms with E-state index in [-0.39, 0.29) is 0 Å². The fourth-order valence-corrected chi connectivity index (χ4v) is 3.98. The number of aromatic nitrogens is 2. The highest BCUT2D eigenvalue weighted by Crippen LogP contribution is 2.19. The third-order valence-electron chi connectivity index (χ3n) is 5.36. The summed E-state index contributed by atoms with van der Waals surface area (Å²) in [5.74, 6) is 0. The molecular weight excluding hydrogens is 296 g/mol. The second-order valence-electron chi connectivity index (χ2n) is 7.27. The molecule has 0 atom stereocenters. The lowest BCUT2D eigenvalue weighted by molar-refractivity contribution is 0.173. The van der Waals surface area contributed by atoms with Crippen molar-refractivity contribution in [1.82, 2.24) is 20.0 Å². The fourth-order valence-electron chi connectivity index (χ4n) is 3.98. The van der Waals surface area contributed by atoms with E-state index in [0.29, 0.717) is 6.04 Å². The summed E-state index contributed by atoms with van der Waals surface area (Å²) in [5.41, 5.74) is 3.98. The molecule has 24 heavy (non-hydrogen) atoms. The van der Waals surface area contributed by atoms with Gasteiger partial charge in [0.1, 0.15) is 0 Å². The summed E-state index contributed by atoms with van der Waals surface area (Å²) in [6.07, 6.45) is 7.94. The van der Waals surface area contributed by atoms with Crippen LogP contribution in [-0.2, 0) is 26.2 Å². The summed E-state index contributed by atoms with van der Waals surface area (Å²) in [5, 5.41) is 8.55. The van der Waals surface area contributed by atoms with E-state index < -0.39 is 0 Å². The molecule has 0 amide bonds. The Morgan fingerprint density at radius 1 is 1.08 bits per heavy atom. The van der Waals surface area contributed by atoms with Crippen LogP contribution in [0.15, 0.2) is 36.4 Å². The number of nitrogens with one attached hydrogen (secondary N) is 1. The maximum Gasteiger partial charge on any atom is 0.0935 e. The molecule has 1 aromatic carbocycles. The van der Waals surface area contributed by atoms with Gasteiger partial charge in [-0.25, -0.2) is 0 Å². The number of nitrogens with zero attached hydrogens (tertiary/aromatic N) is 3. The van der Waals surface area contributed by atoms with Crippen molar-refractivity contribution in [2.75, 3.05) is 6.54 Å². The highest BCUT2D eigenvalue weighted by Gasteiger charge is 2.19. The van der Waals surface area contributed by atoms with Gasteiger partial charge in [0.15, 0.2) is 0 Å². The molecule has 4 rings (SSSR count). The number of rotatable bonds is 5. The maximum absolute atomic E-state index is 4.84. The molecule has 1 saturated carbocycles. The predicted octanol–water partition coefficient (Wildman–Crippen LogP) is 3.32. The van der Waals surface area contributed by atoms with Crippen molar-refractivity contribution in [1.29, 1.82) is 0 Å². The van der Waals surface area contributed by atoms with E-state index in [1.807, 2.05) is 0 Å². The minimum absolute atomic E-state index is 0.701. The molecular formula is C20H28N4. The third-order valence-corrected chi connectivity index (χ3v) is 5.36. The molecule has 4 heteroatoms. The Balaban J connectivity index is 1.33. The van der Waals surface area contributed by atoms with Gasteiger partial charge in [-0.15, -0.1) is 0 Å². The molecule has 0 unspecified atom stereocenters. The molecule has 128 valence electrons. The Bertz CT molecular complexity index is 643. The minimum atomic E-state index is 0.701. The van der Waals surface area contributed by atoms with Gasteiger partial charge in [0, 0.05) is 37.8 Å². The lowest BCUT2D eigenvalue weighted by atomic mass is 9.95. The van der Waals surface area contributed by atoms with E-state index >= 15 is 0 Å². The standard InChI is InChI=1S/C20H28N4/c1-3-7-17(8-4-1)15-23-12-11-20-13-19(22-24(20)16-23)14-21-18-9-5-2-6-10-18/h1,3-4,7-8,13,18,21H,2,5-6,9-12,14-16H2. The first-order valence-corrected chi connectivity index (χ1v) is 9.42. The van der Waals surface area contributed by atoms with Crippen LogP contribution < -0.4 is 5.32 Å². The Hall–Kier alpha value is -1.65. The Kier molecular flexibility index (Phi) is 4.95. The van der Waals surface area contributed by atoms with E-state index in [0.717, 1.165) is 32.7 Å². The second-order valence-corrected chi connectivity index (χ2v) is 7.27. The Morgan fingerprint density at radius 2 is 1.92 bits per heavy atom. The first-order valence-electron chi connectivity index (χ1n) is 9.42. The van der Waals surface area contributed by atoms with Crippen LogP contribution in [0.1, 0.15) is 49.1 Å². The van der Waals surface area contributed by atoms with Gasteiger partial charge < -0.3 is 5.32 Å². The molecule has 1 fully saturated rings. The van der Waals surface area contributed by atoms with Gasteiger partial charge >= 0.3 is 0 Å². The molecule has 2 heterocycles. The third kappa shape index (κ3) is 3.87. The zero-order valence-electron chi connectivity index (χ0n) is 14.5. The zero-order chi connectivity index (χ0) is 16.2. The van der Waals surface area contributed by atoms with Crippen LogP contribution in [0.3, 0.4) is 0 Å². The average molecular weight is 324 g/mol. The monoisotopic (exact) mass is 324 g/mol. The summed E-state index contributed by atoms with van der Waals surface area (Å²) >= 11 is 0. The first-order chi connectivity index (χ1) is 11.9. The summed E-state index contributed by atoms with van der Waals surface area (Å²) in [6.45, 7) is 3.96. The molecule has 4 nitrogen and oxygen atoms in total. The molecule has 1 aromatic heterocycles. The molecule has 1 aliphatic carbocycles. The van der Waals surface area contributed by atoms with Crippen LogP contribution >= 0.6 is 0 Å². The summed E-state index contributed by atoms with van der Waals surface area (Å²) < 4.78 is 2.20. The van der Waals surface area contributed by atoms with Gasteiger partial charge in [0.2, 0.25) is 0 Å². The Labute approximate surface area is 144 Å². The number of hydrogen-bond acceptors (Lipinski definition) is 3. The van der Waals surface area contributed by atoms with Gasteiger partial charge in [-0.1, -0.05) is 49.6 Å². The SMILES string of the molecule is c1ccc(CN2CCc3cc(CNC4CCCCC4)nn3C2)cc1. The lowest BCUT2D eigenvalue weighted by Crippen LogP contribution is -2.34. The van der Waals surface area contributed by atoms with Crippen LogP contribution in [0.4, 0.5) is 0 Å². The van der Waals surface area contributed by atoms with Crippen molar-refractivity contribution >= 4 is 0 Å². The van der Waals surface area contributed by atoms with Crippen molar-refractivity contribution in [2.24, 2.45) is 0 Å². The smallest absolute Gasteiger partial charge is 0.0935 e. The van der Waals surface area contributed by atoms with Gasteiger partial charge in [0.25, 0.3) is 0 Å². The second kappa shape index (κ2) is 7.49. The summed E-state index contributed by atoms with van der Waals surface area (Å²) in [4.78, 5) is 2.48. The van der Waals surface area contributed by atoms with Crippen molar-refractivity contribution in [3.8, 4) is 0 Å². The average Bonchev–Trinajstić information content (AvgIpc) is 3.04. The van der Waals surface area contributed by atoms with Crippen molar-refractivity contribution < 1.29 is 0 Å². The first kappa shape index (κ1) is 15.9. The molecule has 1 N–H and O–H groups in total. The van der Waals surface area contributed by atoms with Crippen molar-refractivity contribution in [2.45, 2.75) is 64.3 Å². The minimum Gasteiger partial charge on any atom is -0.308 e. The highest BCUT2D eigenvalue weighted by molar-refractivity contribution is 5.16. The van der Waals surface area contributed by atoms with Crippen molar-refractivity contribution in [3.63, 3.8) is 0 Å². The topological polar surface area (TPSA) is 33.1 Å². The normalized spacial score (nSPS) is 19.3. The van der Waals surface area contributed by atoms with Crippen LogP contribution in [0.2, 0.25) is 0 Å². The van der Waals surface area contributed by atoms with E-state index in [1.165, 1.54) is 49.1 Å². The highest BCUT2D eigenvalue weighted by atomic mass is 15.4. The Morgan fingerprint density at radius 3 is 2.75 bits per heavy atom. The lowest BCUT2D eigenvalue weighted by Gasteiger charge is -2.27. The quantitative estimate of drug-likeness (QED) is 0.916. The predicted molar refractivity (Wildman–Crippen MR) is 96.5 cm³/mol. The van der Waals surface area contributed by atoms with Gasteiger partial charge in [-0.2, -0.15) is 5.10 Å². The number of benzene rings is 1. The van der Waals surface area contributed by atoms with Gasteiger partial charge in [0.05, 0.1) is 12.4 Å². The molecule has 0 radical (unpaired) electrons. The van der Waals surface area contributed by atoms with E-state index in [4.69, 9.17) is 5.10 Å². The van der Waals surface area contributed by atoms with E-state index in [9.17, 15) is 0 Å². The van der Waals surface area contributed by atoms with Crippen LogP contribution in [0, 0.1) is 0 Å².